The molecule has 1 aromatic carbocycles. The number of nitrogens with two attached hydrogens (primary N) is 1. The van der Waals surface area contributed by atoms with Crippen molar-refractivity contribution in [1.29, 1.82) is 0 Å². The summed E-state index contributed by atoms with van der Waals surface area (Å²) in [5.41, 5.74) is 6.96. The Bertz CT molecular complexity index is 459. The van der Waals surface area contributed by atoms with Crippen molar-refractivity contribution in [3.05, 3.63) is 42.2 Å². The van der Waals surface area contributed by atoms with E-state index in [0.717, 1.165) is 10.5 Å². The van der Waals surface area contributed by atoms with Crippen LogP contribution in [0.4, 0.5) is 0 Å². The fourth-order valence-electron chi connectivity index (χ4n) is 1.43. The molecule has 0 amide bonds. The van der Waals surface area contributed by atoms with Crippen LogP contribution in [0, 0.1) is 0 Å². The molecule has 1 aromatic heterocycles. The fourth-order valence-corrected chi connectivity index (χ4v) is 2.28. The van der Waals surface area contributed by atoms with E-state index in [0.29, 0.717) is 0 Å². The predicted molar refractivity (Wildman–Crippen MR) is 66.4 cm³/mol. The van der Waals surface area contributed by atoms with E-state index in [2.05, 4.69) is 29.4 Å². The standard InChI is InChI=1S/C12H15N3S/c1-9(13)10-3-5-11(6-4-10)16-12-7-14-15(2)8-12/h3-9H,13H2,1-2H3/t9-/m0/s1. The zero-order valence-corrected chi connectivity index (χ0v) is 10.2. The lowest BCUT2D eigenvalue weighted by Gasteiger charge is -2.05. The Kier molecular flexibility index (Phi) is 3.31. The first-order chi connectivity index (χ1) is 7.65. The van der Waals surface area contributed by atoms with Crippen molar-refractivity contribution in [3.63, 3.8) is 0 Å². The molecular formula is C12H15N3S. The molecule has 0 radical (unpaired) electrons. The number of aryl methyl sites for hydroxylation is 1. The summed E-state index contributed by atoms with van der Waals surface area (Å²) in [6.45, 7) is 1.99. The highest BCUT2D eigenvalue weighted by Crippen LogP contribution is 2.27. The molecule has 1 atom stereocenters. The van der Waals surface area contributed by atoms with Gasteiger partial charge in [0.1, 0.15) is 0 Å². The molecule has 84 valence electrons. The number of aromatic nitrogens is 2. The van der Waals surface area contributed by atoms with Crippen molar-refractivity contribution in [3.8, 4) is 0 Å². The van der Waals surface area contributed by atoms with E-state index in [4.69, 9.17) is 5.73 Å². The van der Waals surface area contributed by atoms with Gasteiger partial charge >= 0.3 is 0 Å². The summed E-state index contributed by atoms with van der Waals surface area (Å²) in [7, 11) is 1.92. The van der Waals surface area contributed by atoms with E-state index < -0.39 is 0 Å². The zero-order chi connectivity index (χ0) is 11.5. The third-order valence-electron chi connectivity index (χ3n) is 2.32. The van der Waals surface area contributed by atoms with Gasteiger partial charge in [0, 0.05) is 24.2 Å². The fraction of sp³-hybridized carbons (Fsp3) is 0.250. The SMILES string of the molecule is C[C@H](N)c1ccc(Sc2cnn(C)c2)cc1. The summed E-state index contributed by atoms with van der Waals surface area (Å²) in [5, 5.41) is 4.13. The average molecular weight is 233 g/mol. The third kappa shape index (κ3) is 2.65. The Morgan fingerprint density at radius 1 is 1.25 bits per heavy atom. The molecule has 0 aliphatic rings. The van der Waals surface area contributed by atoms with Gasteiger partial charge in [-0.2, -0.15) is 5.10 Å². The number of benzene rings is 1. The second-order valence-corrected chi connectivity index (χ2v) is 4.96. The van der Waals surface area contributed by atoms with Crippen molar-refractivity contribution in [1.82, 2.24) is 9.78 Å². The molecule has 2 N–H and O–H groups in total. The minimum absolute atomic E-state index is 0.0949. The molecule has 0 aliphatic heterocycles. The predicted octanol–water partition coefficient (Wildman–Crippen LogP) is 2.59. The molecule has 0 unspecified atom stereocenters. The van der Waals surface area contributed by atoms with Crippen molar-refractivity contribution in [2.75, 3.05) is 0 Å². The van der Waals surface area contributed by atoms with Gasteiger partial charge in [-0.1, -0.05) is 23.9 Å². The smallest absolute Gasteiger partial charge is 0.0629 e. The van der Waals surface area contributed by atoms with Crippen LogP contribution in [-0.4, -0.2) is 9.78 Å². The van der Waals surface area contributed by atoms with Crippen molar-refractivity contribution in [2.45, 2.75) is 22.8 Å². The van der Waals surface area contributed by atoms with E-state index in [1.807, 2.05) is 26.4 Å². The van der Waals surface area contributed by atoms with Gasteiger partial charge in [0.15, 0.2) is 0 Å². The van der Waals surface area contributed by atoms with Gasteiger partial charge in [-0.05, 0) is 24.6 Å². The minimum atomic E-state index is 0.0949. The van der Waals surface area contributed by atoms with Gasteiger partial charge in [0.05, 0.1) is 11.1 Å². The number of hydrogen-bond acceptors (Lipinski definition) is 3. The van der Waals surface area contributed by atoms with Gasteiger partial charge in [0.25, 0.3) is 0 Å². The molecular weight excluding hydrogens is 218 g/mol. The van der Waals surface area contributed by atoms with Crippen LogP contribution in [0.5, 0.6) is 0 Å². The van der Waals surface area contributed by atoms with E-state index in [1.54, 1.807) is 16.4 Å². The first-order valence-electron chi connectivity index (χ1n) is 5.17. The van der Waals surface area contributed by atoms with Gasteiger partial charge in [-0.25, -0.2) is 0 Å². The molecule has 16 heavy (non-hydrogen) atoms. The number of hydrogen-bond donors (Lipinski definition) is 1. The summed E-state index contributed by atoms with van der Waals surface area (Å²) in [5.74, 6) is 0. The largest absolute Gasteiger partial charge is 0.324 e. The van der Waals surface area contributed by atoms with E-state index in [9.17, 15) is 0 Å². The first-order valence-corrected chi connectivity index (χ1v) is 5.99. The van der Waals surface area contributed by atoms with Crippen LogP contribution in [0.3, 0.4) is 0 Å². The second-order valence-electron chi connectivity index (χ2n) is 3.81. The highest BCUT2D eigenvalue weighted by molar-refractivity contribution is 7.99. The molecule has 2 aromatic rings. The minimum Gasteiger partial charge on any atom is -0.324 e. The topological polar surface area (TPSA) is 43.8 Å². The molecule has 0 aliphatic carbocycles. The Hall–Kier alpha value is -1.26. The highest BCUT2D eigenvalue weighted by atomic mass is 32.2. The van der Waals surface area contributed by atoms with E-state index in [1.165, 1.54) is 4.90 Å². The van der Waals surface area contributed by atoms with Crippen molar-refractivity contribution >= 4 is 11.8 Å². The molecule has 0 fully saturated rings. The van der Waals surface area contributed by atoms with Crippen LogP contribution < -0.4 is 5.73 Å². The lowest BCUT2D eigenvalue weighted by Crippen LogP contribution is -2.04. The van der Waals surface area contributed by atoms with Gasteiger partial charge in [0.2, 0.25) is 0 Å². The highest BCUT2D eigenvalue weighted by Gasteiger charge is 2.02. The van der Waals surface area contributed by atoms with Gasteiger partial charge in [-0.3, -0.25) is 4.68 Å². The molecule has 3 nitrogen and oxygen atoms in total. The van der Waals surface area contributed by atoms with Crippen LogP contribution >= 0.6 is 11.8 Å². The van der Waals surface area contributed by atoms with Crippen LogP contribution in [0.15, 0.2) is 46.5 Å². The lowest BCUT2D eigenvalue weighted by atomic mass is 10.1. The summed E-state index contributed by atoms with van der Waals surface area (Å²) >= 11 is 1.70. The zero-order valence-electron chi connectivity index (χ0n) is 9.42. The normalized spacial score (nSPS) is 12.7. The summed E-state index contributed by atoms with van der Waals surface area (Å²) in [6, 6.07) is 8.43. The van der Waals surface area contributed by atoms with E-state index in [-0.39, 0.29) is 6.04 Å². The average Bonchev–Trinajstić information content (AvgIpc) is 2.65. The first kappa shape index (κ1) is 11.2. The third-order valence-corrected chi connectivity index (χ3v) is 3.28. The summed E-state index contributed by atoms with van der Waals surface area (Å²) < 4.78 is 1.80. The Morgan fingerprint density at radius 3 is 2.44 bits per heavy atom. The molecule has 0 saturated heterocycles. The Labute approximate surface area is 99.7 Å². The molecule has 0 spiro atoms. The number of nitrogens with zero attached hydrogens (tertiary/aromatic N) is 2. The van der Waals surface area contributed by atoms with Crippen molar-refractivity contribution < 1.29 is 0 Å². The monoisotopic (exact) mass is 233 g/mol. The number of rotatable bonds is 3. The van der Waals surface area contributed by atoms with Crippen LogP contribution in [0.25, 0.3) is 0 Å². The summed E-state index contributed by atoms with van der Waals surface area (Å²) in [4.78, 5) is 2.36. The quantitative estimate of drug-likeness (QED) is 0.886. The van der Waals surface area contributed by atoms with Gasteiger partial charge < -0.3 is 5.73 Å². The van der Waals surface area contributed by atoms with Crippen LogP contribution in [0.2, 0.25) is 0 Å². The molecule has 0 bridgehead atoms. The maximum Gasteiger partial charge on any atom is 0.0629 e. The molecule has 1 heterocycles. The lowest BCUT2D eigenvalue weighted by molar-refractivity contribution is 0.766. The molecule has 2 rings (SSSR count). The van der Waals surface area contributed by atoms with Crippen LogP contribution in [0.1, 0.15) is 18.5 Å². The maximum atomic E-state index is 5.80. The Balaban J connectivity index is 2.11. The van der Waals surface area contributed by atoms with E-state index >= 15 is 0 Å². The van der Waals surface area contributed by atoms with Gasteiger partial charge in [-0.15, -0.1) is 0 Å². The molecule has 4 heteroatoms. The maximum absolute atomic E-state index is 5.80. The van der Waals surface area contributed by atoms with Crippen molar-refractivity contribution in [2.24, 2.45) is 12.8 Å². The summed E-state index contributed by atoms with van der Waals surface area (Å²) in [6.07, 6.45) is 3.87. The van der Waals surface area contributed by atoms with Crippen LogP contribution in [-0.2, 0) is 7.05 Å². The molecule has 0 saturated carbocycles. The second kappa shape index (κ2) is 4.72. The Morgan fingerprint density at radius 2 is 1.94 bits per heavy atom.